The van der Waals surface area contributed by atoms with Crippen LogP contribution in [0.2, 0.25) is 0 Å². The molecular weight excluding hydrogens is 326 g/mol. The van der Waals surface area contributed by atoms with Gasteiger partial charge in [0.2, 0.25) is 0 Å². The van der Waals surface area contributed by atoms with Crippen molar-refractivity contribution in [1.29, 1.82) is 0 Å². The van der Waals surface area contributed by atoms with Gasteiger partial charge < -0.3 is 4.90 Å². The standard InChI is InChI=1S/C20H23N5O/c1-14(2)17-11-19(25-18(23-17)7-9-22-25)24-10-4-6-16(13-24)20(26)15-5-3-8-21-12-15/h3,5,7-9,11-12,14,16H,4,6,10,13H2,1-2H3. The van der Waals surface area contributed by atoms with Gasteiger partial charge in [-0.2, -0.15) is 9.61 Å². The van der Waals surface area contributed by atoms with Crippen LogP contribution in [0.1, 0.15) is 48.7 Å². The summed E-state index contributed by atoms with van der Waals surface area (Å²) in [5.74, 6) is 1.52. The number of carbonyl (C=O) groups is 1. The SMILES string of the molecule is CC(C)c1cc(N2CCCC(C(=O)c3cccnc3)C2)n2nccc2n1. The summed E-state index contributed by atoms with van der Waals surface area (Å²) < 4.78 is 1.88. The normalized spacial score (nSPS) is 17.8. The molecule has 0 bridgehead atoms. The molecule has 0 aliphatic carbocycles. The van der Waals surface area contributed by atoms with Crippen molar-refractivity contribution in [2.75, 3.05) is 18.0 Å². The van der Waals surface area contributed by atoms with Crippen LogP contribution in [0.3, 0.4) is 0 Å². The van der Waals surface area contributed by atoms with Gasteiger partial charge in [0, 0.05) is 54.8 Å². The summed E-state index contributed by atoms with van der Waals surface area (Å²) in [6.07, 6.45) is 7.03. The molecule has 0 spiro atoms. The second-order valence-corrected chi connectivity index (χ2v) is 7.19. The molecule has 4 rings (SSSR count). The van der Waals surface area contributed by atoms with Crippen LogP contribution in [0.5, 0.6) is 0 Å². The van der Waals surface area contributed by atoms with E-state index in [1.165, 1.54) is 0 Å². The Morgan fingerprint density at radius 1 is 1.27 bits per heavy atom. The molecule has 134 valence electrons. The Morgan fingerprint density at radius 2 is 2.15 bits per heavy atom. The van der Waals surface area contributed by atoms with E-state index in [9.17, 15) is 4.79 Å². The van der Waals surface area contributed by atoms with Crippen LogP contribution in [0.4, 0.5) is 5.82 Å². The van der Waals surface area contributed by atoms with E-state index in [1.54, 1.807) is 18.6 Å². The van der Waals surface area contributed by atoms with Crippen molar-refractivity contribution in [2.24, 2.45) is 5.92 Å². The minimum Gasteiger partial charge on any atom is -0.356 e. The Labute approximate surface area is 152 Å². The van der Waals surface area contributed by atoms with Crippen molar-refractivity contribution in [3.8, 4) is 0 Å². The molecule has 0 radical (unpaired) electrons. The Balaban J connectivity index is 1.65. The highest BCUT2D eigenvalue weighted by Crippen LogP contribution is 2.27. The first-order valence-corrected chi connectivity index (χ1v) is 9.17. The van der Waals surface area contributed by atoms with Crippen molar-refractivity contribution in [1.82, 2.24) is 19.6 Å². The largest absolute Gasteiger partial charge is 0.356 e. The van der Waals surface area contributed by atoms with Crippen molar-refractivity contribution in [3.05, 3.63) is 54.1 Å². The average Bonchev–Trinajstić information content (AvgIpc) is 3.16. The van der Waals surface area contributed by atoms with Gasteiger partial charge in [-0.05, 0) is 30.9 Å². The predicted molar refractivity (Wildman–Crippen MR) is 101 cm³/mol. The van der Waals surface area contributed by atoms with E-state index in [2.05, 4.69) is 34.9 Å². The monoisotopic (exact) mass is 349 g/mol. The second kappa shape index (κ2) is 6.86. The molecule has 1 atom stereocenters. The molecule has 26 heavy (non-hydrogen) atoms. The van der Waals surface area contributed by atoms with Gasteiger partial charge >= 0.3 is 0 Å². The number of nitrogens with zero attached hydrogens (tertiary/aromatic N) is 5. The minimum absolute atomic E-state index is 0.0192. The van der Waals surface area contributed by atoms with E-state index in [-0.39, 0.29) is 11.7 Å². The topological polar surface area (TPSA) is 63.4 Å². The number of aromatic nitrogens is 4. The van der Waals surface area contributed by atoms with Crippen LogP contribution in [0, 0.1) is 5.92 Å². The predicted octanol–water partition coefficient (Wildman–Crippen LogP) is 3.35. The summed E-state index contributed by atoms with van der Waals surface area (Å²) in [6, 6.07) is 7.71. The number of rotatable bonds is 4. The number of carbonyl (C=O) groups excluding carboxylic acids is 1. The third-order valence-corrected chi connectivity index (χ3v) is 5.01. The molecule has 1 aliphatic heterocycles. The molecule has 1 unspecified atom stereocenters. The maximum atomic E-state index is 12.9. The maximum absolute atomic E-state index is 12.9. The number of hydrogen-bond acceptors (Lipinski definition) is 5. The van der Waals surface area contributed by atoms with Crippen LogP contribution in [-0.4, -0.2) is 38.5 Å². The fraction of sp³-hybridized carbons (Fsp3) is 0.400. The zero-order chi connectivity index (χ0) is 18.1. The zero-order valence-corrected chi connectivity index (χ0v) is 15.2. The summed E-state index contributed by atoms with van der Waals surface area (Å²) in [4.78, 5) is 23.9. The van der Waals surface area contributed by atoms with Gasteiger partial charge in [-0.3, -0.25) is 9.78 Å². The molecule has 3 aromatic heterocycles. The molecule has 1 fully saturated rings. The minimum atomic E-state index is -0.0192. The molecule has 3 aromatic rings. The number of Topliss-reactive ketones (excluding diaryl/α,β-unsaturated/α-hetero) is 1. The van der Waals surface area contributed by atoms with Crippen molar-refractivity contribution >= 4 is 17.2 Å². The highest BCUT2D eigenvalue weighted by molar-refractivity contribution is 5.98. The summed E-state index contributed by atoms with van der Waals surface area (Å²) in [6.45, 7) is 5.91. The van der Waals surface area contributed by atoms with E-state index in [1.807, 2.05) is 22.7 Å². The first-order chi connectivity index (χ1) is 12.6. The Bertz CT molecular complexity index is 918. The van der Waals surface area contributed by atoms with Crippen LogP contribution in [0.15, 0.2) is 42.9 Å². The lowest BCUT2D eigenvalue weighted by molar-refractivity contribution is 0.0906. The molecule has 0 aromatic carbocycles. The fourth-order valence-corrected chi connectivity index (χ4v) is 3.58. The van der Waals surface area contributed by atoms with E-state index in [0.717, 1.165) is 36.5 Å². The third kappa shape index (κ3) is 3.07. The van der Waals surface area contributed by atoms with Crippen molar-refractivity contribution in [3.63, 3.8) is 0 Å². The summed E-state index contributed by atoms with van der Waals surface area (Å²) in [5.41, 5.74) is 2.60. The van der Waals surface area contributed by atoms with Crippen molar-refractivity contribution in [2.45, 2.75) is 32.6 Å². The molecule has 0 saturated carbocycles. The van der Waals surface area contributed by atoms with Gasteiger partial charge in [-0.1, -0.05) is 13.8 Å². The number of hydrogen-bond donors (Lipinski definition) is 0. The summed E-state index contributed by atoms with van der Waals surface area (Å²) >= 11 is 0. The number of fused-ring (bicyclic) bond motifs is 1. The molecule has 6 nitrogen and oxygen atoms in total. The Morgan fingerprint density at radius 3 is 2.92 bits per heavy atom. The van der Waals surface area contributed by atoms with E-state index >= 15 is 0 Å². The molecule has 6 heteroatoms. The van der Waals surface area contributed by atoms with Crippen LogP contribution in [-0.2, 0) is 0 Å². The fourth-order valence-electron chi connectivity index (χ4n) is 3.58. The van der Waals surface area contributed by atoms with Crippen molar-refractivity contribution < 1.29 is 4.79 Å². The van der Waals surface area contributed by atoms with Crippen LogP contribution >= 0.6 is 0 Å². The molecule has 0 N–H and O–H groups in total. The molecule has 1 saturated heterocycles. The summed E-state index contributed by atoms with van der Waals surface area (Å²) in [5, 5.41) is 4.44. The van der Waals surface area contributed by atoms with E-state index in [0.29, 0.717) is 18.0 Å². The second-order valence-electron chi connectivity index (χ2n) is 7.19. The first kappa shape index (κ1) is 16.7. The number of anilines is 1. The van der Waals surface area contributed by atoms with Gasteiger partial charge in [0.15, 0.2) is 11.4 Å². The van der Waals surface area contributed by atoms with E-state index < -0.39 is 0 Å². The average molecular weight is 349 g/mol. The van der Waals surface area contributed by atoms with Gasteiger partial charge in [-0.25, -0.2) is 4.98 Å². The first-order valence-electron chi connectivity index (χ1n) is 9.17. The quantitative estimate of drug-likeness (QED) is 0.676. The van der Waals surface area contributed by atoms with Gasteiger partial charge in [0.05, 0.1) is 6.20 Å². The number of pyridine rings is 1. The third-order valence-electron chi connectivity index (χ3n) is 5.01. The number of ketones is 1. The Kier molecular flexibility index (Phi) is 4.41. The highest BCUT2D eigenvalue weighted by atomic mass is 16.1. The Hall–Kier alpha value is -2.76. The smallest absolute Gasteiger partial charge is 0.169 e. The lowest BCUT2D eigenvalue weighted by atomic mass is 9.90. The zero-order valence-electron chi connectivity index (χ0n) is 15.2. The molecule has 0 amide bonds. The molecular formula is C20H23N5O. The molecule has 4 heterocycles. The maximum Gasteiger partial charge on any atom is 0.169 e. The van der Waals surface area contributed by atoms with Gasteiger partial charge in [-0.15, -0.1) is 0 Å². The lowest BCUT2D eigenvalue weighted by Crippen LogP contribution is -2.40. The number of piperidine rings is 1. The van der Waals surface area contributed by atoms with Gasteiger partial charge in [0.25, 0.3) is 0 Å². The van der Waals surface area contributed by atoms with Crippen LogP contribution < -0.4 is 4.90 Å². The highest BCUT2D eigenvalue weighted by Gasteiger charge is 2.28. The summed E-state index contributed by atoms with van der Waals surface area (Å²) in [7, 11) is 0. The van der Waals surface area contributed by atoms with Crippen LogP contribution in [0.25, 0.3) is 5.65 Å². The lowest BCUT2D eigenvalue weighted by Gasteiger charge is -2.34. The van der Waals surface area contributed by atoms with E-state index in [4.69, 9.17) is 4.98 Å². The van der Waals surface area contributed by atoms with Gasteiger partial charge in [0.1, 0.15) is 5.82 Å². The molecule has 1 aliphatic rings.